The summed E-state index contributed by atoms with van der Waals surface area (Å²) in [6, 6.07) is 0. The number of fused-ring (bicyclic) bond motifs is 1. The molecule has 1 heteroatoms. The summed E-state index contributed by atoms with van der Waals surface area (Å²) in [5.41, 5.74) is -0.255. The van der Waals surface area contributed by atoms with Gasteiger partial charge in [0.2, 0.25) is 0 Å². The lowest BCUT2D eigenvalue weighted by Gasteiger charge is -2.29. The van der Waals surface area contributed by atoms with Crippen LogP contribution in [-0.2, 0) is 0 Å². The number of rotatable bonds is 0. The third-order valence-electron chi connectivity index (χ3n) is 2.73. The van der Waals surface area contributed by atoms with E-state index in [1.807, 2.05) is 6.92 Å². The zero-order valence-corrected chi connectivity index (χ0v) is 6.55. The summed E-state index contributed by atoms with van der Waals surface area (Å²) in [5, 5.41) is 0. The summed E-state index contributed by atoms with van der Waals surface area (Å²) in [6.07, 6.45) is 10.4. The maximum Gasteiger partial charge on any atom is 0.107 e. The van der Waals surface area contributed by atoms with Crippen LogP contribution in [0.5, 0.6) is 0 Å². The van der Waals surface area contributed by atoms with Crippen molar-refractivity contribution in [3.8, 4) is 0 Å². The van der Waals surface area contributed by atoms with Gasteiger partial charge in [-0.1, -0.05) is 31.2 Å². The van der Waals surface area contributed by atoms with Crippen molar-refractivity contribution >= 4 is 0 Å². The first-order chi connectivity index (χ1) is 5.23. The minimum absolute atomic E-state index is 0.0231. The second-order valence-electron chi connectivity index (χ2n) is 3.48. The van der Waals surface area contributed by atoms with Gasteiger partial charge in [-0.3, -0.25) is 0 Å². The summed E-state index contributed by atoms with van der Waals surface area (Å²) < 4.78 is 13.3. The second kappa shape index (κ2) is 2.07. The largest absolute Gasteiger partial charge is 0.211 e. The molecule has 11 heavy (non-hydrogen) atoms. The Bertz CT molecular complexity index is 260. The molecule has 0 N–H and O–H groups in total. The Morgan fingerprint density at radius 3 is 3.09 bits per heavy atom. The van der Waals surface area contributed by atoms with Crippen LogP contribution >= 0.6 is 0 Å². The van der Waals surface area contributed by atoms with Gasteiger partial charge in [0, 0.05) is 11.3 Å². The van der Waals surface area contributed by atoms with Gasteiger partial charge in [0.15, 0.2) is 0 Å². The minimum atomic E-state index is -0.255. The number of halogens is 1. The highest BCUT2D eigenvalue weighted by molar-refractivity contribution is 5.31. The van der Waals surface area contributed by atoms with Crippen LogP contribution in [0.2, 0.25) is 0 Å². The molecular formula is C10H11F. The van der Waals surface area contributed by atoms with Crippen molar-refractivity contribution in [3.63, 3.8) is 0 Å². The Morgan fingerprint density at radius 2 is 2.36 bits per heavy atom. The van der Waals surface area contributed by atoms with Crippen LogP contribution in [0.1, 0.15) is 13.3 Å². The average Bonchev–Trinajstić information content (AvgIpc) is 2.34. The van der Waals surface area contributed by atoms with Crippen LogP contribution < -0.4 is 0 Å². The van der Waals surface area contributed by atoms with Gasteiger partial charge in [-0.05, 0) is 12.5 Å². The van der Waals surface area contributed by atoms with E-state index in [9.17, 15) is 4.39 Å². The van der Waals surface area contributed by atoms with Crippen molar-refractivity contribution in [2.75, 3.05) is 0 Å². The predicted octanol–water partition coefficient (Wildman–Crippen LogP) is 2.99. The van der Waals surface area contributed by atoms with E-state index in [1.165, 1.54) is 0 Å². The lowest BCUT2D eigenvalue weighted by Crippen LogP contribution is -2.23. The Balaban J connectivity index is 2.41. The highest BCUT2D eigenvalue weighted by Gasteiger charge is 2.39. The summed E-state index contributed by atoms with van der Waals surface area (Å²) in [6.45, 7) is 1.98. The molecular weight excluding hydrogens is 139 g/mol. The van der Waals surface area contributed by atoms with Gasteiger partial charge in [-0.2, -0.15) is 0 Å². The topological polar surface area (TPSA) is 0 Å². The fourth-order valence-corrected chi connectivity index (χ4v) is 1.79. The summed E-state index contributed by atoms with van der Waals surface area (Å²) >= 11 is 0. The van der Waals surface area contributed by atoms with Crippen molar-refractivity contribution < 1.29 is 4.39 Å². The summed E-state index contributed by atoms with van der Waals surface area (Å²) in [5.74, 6) is 0.308. The first-order valence-corrected chi connectivity index (χ1v) is 3.94. The molecule has 0 bridgehead atoms. The highest BCUT2D eigenvalue weighted by atomic mass is 19.1. The molecule has 0 radical (unpaired) electrons. The molecule has 0 saturated carbocycles. The average molecular weight is 150 g/mol. The Hall–Kier alpha value is -0.850. The van der Waals surface area contributed by atoms with Crippen LogP contribution in [-0.4, -0.2) is 0 Å². The van der Waals surface area contributed by atoms with Gasteiger partial charge >= 0.3 is 0 Å². The molecule has 0 aromatic rings. The molecule has 0 amide bonds. The third kappa shape index (κ3) is 0.802. The lowest BCUT2D eigenvalue weighted by atomic mass is 9.75. The summed E-state index contributed by atoms with van der Waals surface area (Å²) in [7, 11) is 0. The van der Waals surface area contributed by atoms with Crippen LogP contribution in [0.15, 0.2) is 36.2 Å². The SMILES string of the molecule is CC12CC=CC1C=CC=C2F. The zero-order valence-electron chi connectivity index (χ0n) is 6.55. The molecule has 0 aromatic heterocycles. The quantitative estimate of drug-likeness (QED) is 0.466. The molecule has 2 rings (SSSR count). The van der Waals surface area contributed by atoms with Crippen molar-refractivity contribution in [1.82, 2.24) is 0 Å². The highest BCUT2D eigenvalue weighted by Crippen LogP contribution is 2.47. The van der Waals surface area contributed by atoms with Crippen LogP contribution in [0.4, 0.5) is 4.39 Å². The van der Waals surface area contributed by atoms with Gasteiger partial charge < -0.3 is 0 Å². The molecule has 2 aliphatic rings. The number of hydrogen-bond acceptors (Lipinski definition) is 0. The molecule has 58 valence electrons. The van der Waals surface area contributed by atoms with Crippen LogP contribution in [0.25, 0.3) is 0 Å². The van der Waals surface area contributed by atoms with Crippen molar-refractivity contribution in [1.29, 1.82) is 0 Å². The van der Waals surface area contributed by atoms with E-state index in [1.54, 1.807) is 12.2 Å². The van der Waals surface area contributed by atoms with E-state index in [-0.39, 0.29) is 17.2 Å². The standard InChI is InChI=1S/C10H11F/c1-10-7-3-5-8(10)4-2-6-9(10)11/h2-6,8H,7H2,1H3. The van der Waals surface area contributed by atoms with Gasteiger partial charge in [-0.15, -0.1) is 0 Å². The second-order valence-corrected chi connectivity index (χ2v) is 3.48. The van der Waals surface area contributed by atoms with Crippen molar-refractivity contribution in [2.45, 2.75) is 13.3 Å². The van der Waals surface area contributed by atoms with E-state index in [0.717, 1.165) is 6.42 Å². The number of hydrogen-bond donors (Lipinski definition) is 0. The predicted molar refractivity (Wildman–Crippen MR) is 43.7 cm³/mol. The molecule has 0 aromatic carbocycles. The van der Waals surface area contributed by atoms with E-state index < -0.39 is 0 Å². The van der Waals surface area contributed by atoms with Crippen molar-refractivity contribution in [2.24, 2.45) is 11.3 Å². The van der Waals surface area contributed by atoms with Crippen molar-refractivity contribution in [3.05, 3.63) is 36.2 Å². The maximum atomic E-state index is 13.3. The monoisotopic (exact) mass is 150 g/mol. The Labute approximate surface area is 66.1 Å². The van der Waals surface area contributed by atoms with E-state index in [0.29, 0.717) is 0 Å². The maximum absolute atomic E-state index is 13.3. The molecule has 0 aliphatic heterocycles. The van der Waals surface area contributed by atoms with E-state index >= 15 is 0 Å². The van der Waals surface area contributed by atoms with Crippen LogP contribution in [0, 0.1) is 11.3 Å². The number of allylic oxidation sites excluding steroid dienone is 6. The molecule has 0 nitrogen and oxygen atoms in total. The first kappa shape index (κ1) is 6.84. The van der Waals surface area contributed by atoms with Crippen LogP contribution in [0.3, 0.4) is 0 Å². The van der Waals surface area contributed by atoms with Gasteiger partial charge in [-0.25, -0.2) is 4.39 Å². The normalized spacial score (nSPS) is 40.5. The molecule has 2 atom stereocenters. The molecule has 2 aliphatic carbocycles. The molecule has 0 fully saturated rings. The van der Waals surface area contributed by atoms with E-state index in [4.69, 9.17) is 0 Å². The molecule has 2 unspecified atom stereocenters. The minimum Gasteiger partial charge on any atom is -0.211 e. The fourth-order valence-electron chi connectivity index (χ4n) is 1.79. The Morgan fingerprint density at radius 1 is 1.55 bits per heavy atom. The molecule has 0 heterocycles. The summed E-state index contributed by atoms with van der Waals surface area (Å²) in [4.78, 5) is 0. The Kier molecular flexibility index (Phi) is 1.28. The molecule has 0 saturated heterocycles. The molecule has 0 spiro atoms. The third-order valence-corrected chi connectivity index (χ3v) is 2.73. The zero-order chi connectivity index (χ0) is 7.90. The van der Waals surface area contributed by atoms with Gasteiger partial charge in [0.25, 0.3) is 0 Å². The lowest BCUT2D eigenvalue weighted by molar-refractivity contribution is 0.284. The van der Waals surface area contributed by atoms with Gasteiger partial charge in [0.1, 0.15) is 5.83 Å². The van der Waals surface area contributed by atoms with E-state index in [2.05, 4.69) is 18.2 Å². The van der Waals surface area contributed by atoms with Gasteiger partial charge in [0.05, 0.1) is 0 Å². The smallest absolute Gasteiger partial charge is 0.107 e. The first-order valence-electron chi connectivity index (χ1n) is 3.94. The fraction of sp³-hybridized carbons (Fsp3) is 0.400.